The topological polar surface area (TPSA) is 45.7 Å². The van der Waals surface area contributed by atoms with Gasteiger partial charge in [0.25, 0.3) is 0 Å². The summed E-state index contributed by atoms with van der Waals surface area (Å²) in [7, 11) is 1.80. The first-order valence-corrected chi connectivity index (χ1v) is 8.76. The molecule has 2 N–H and O–H groups in total. The van der Waals surface area contributed by atoms with E-state index in [-0.39, 0.29) is 29.4 Å². The third kappa shape index (κ3) is 6.76. The molecule has 0 aromatic heterocycles. The molecule has 1 aliphatic carbocycles. The molecule has 0 unspecified atom stereocenters. The summed E-state index contributed by atoms with van der Waals surface area (Å²) in [6, 6.07) is 8.20. The molecule has 1 aliphatic rings. The number of aliphatic imine (C=N–C) groups is 1. The average Bonchev–Trinajstić information content (AvgIpc) is 3.31. The van der Waals surface area contributed by atoms with Crippen molar-refractivity contribution < 1.29 is 4.74 Å². The van der Waals surface area contributed by atoms with Gasteiger partial charge in [-0.15, -0.1) is 24.0 Å². The van der Waals surface area contributed by atoms with Gasteiger partial charge in [0.2, 0.25) is 0 Å². The molecular formula is C18H29ClIN3O. The lowest BCUT2D eigenvalue weighted by molar-refractivity contribution is 0.0776. The number of halogens is 2. The third-order valence-corrected chi connectivity index (χ3v) is 4.41. The van der Waals surface area contributed by atoms with Crippen molar-refractivity contribution in [3.05, 3.63) is 34.9 Å². The van der Waals surface area contributed by atoms with Crippen LogP contribution in [0.4, 0.5) is 0 Å². The lowest BCUT2D eigenvalue weighted by Gasteiger charge is -2.19. The number of nitrogens with zero attached hydrogens (tertiary/aromatic N) is 1. The van der Waals surface area contributed by atoms with Crippen LogP contribution in [-0.4, -0.2) is 38.8 Å². The van der Waals surface area contributed by atoms with Crippen molar-refractivity contribution in [2.45, 2.75) is 44.6 Å². The highest BCUT2D eigenvalue weighted by Gasteiger charge is 2.44. The second-order valence-electron chi connectivity index (χ2n) is 6.42. The van der Waals surface area contributed by atoms with E-state index in [0.29, 0.717) is 6.10 Å². The molecule has 1 fully saturated rings. The SMILES string of the molecule is CN=C(NCCCOC(C)C)NCC1(c2cccc(Cl)c2)CC1.I. The molecule has 1 aromatic rings. The minimum Gasteiger partial charge on any atom is -0.379 e. The quantitative estimate of drug-likeness (QED) is 0.264. The molecule has 1 aromatic carbocycles. The molecule has 0 heterocycles. The fourth-order valence-corrected chi connectivity index (χ4v) is 2.80. The molecule has 0 saturated heterocycles. The number of rotatable bonds is 8. The first-order valence-electron chi connectivity index (χ1n) is 8.38. The summed E-state index contributed by atoms with van der Waals surface area (Å²) in [4.78, 5) is 4.29. The van der Waals surface area contributed by atoms with Gasteiger partial charge in [0.1, 0.15) is 0 Å². The first-order chi connectivity index (χ1) is 11.1. The fourth-order valence-electron chi connectivity index (χ4n) is 2.61. The van der Waals surface area contributed by atoms with E-state index in [4.69, 9.17) is 16.3 Å². The van der Waals surface area contributed by atoms with E-state index in [1.807, 2.05) is 12.1 Å². The maximum Gasteiger partial charge on any atom is 0.191 e. The summed E-state index contributed by atoms with van der Waals surface area (Å²) in [5.41, 5.74) is 1.53. The lowest BCUT2D eigenvalue weighted by Crippen LogP contribution is -2.41. The number of hydrogen-bond donors (Lipinski definition) is 2. The normalized spacial score (nSPS) is 15.8. The Hall–Kier alpha value is -0.530. The van der Waals surface area contributed by atoms with Gasteiger partial charge < -0.3 is 15.4 Å². The Morgan fingerprint density at radius 2 is 2.08 bits per heavy atom. The standard InChI is InChI=1S/C18H28ClN3O.HI/c1-14(2)23-11-5-10-21-17(20-3)22-13-18(8-9-18)15-6-4-7-16(19)12-15;/h4,6-7,12,14H,5,8-11,13H2,1-3H3,(H2,20,21,22);1H. The zero-order valence-corrected chi connectivity index (χ0v) is 17.9. The highest BCUT2D eigenvalue weighted by Crippen LogP contribution is 2.48. The Kier molecular flexibility index (Phi) is 9.37. The van der Waals surface area contributed by atoms with Crippen molar-refractivity contribution in [3.63, 3.8) is 0 Å². The van der Waals surface area contributed by atoms with Gasteiger partial charge in [-0.05, 0) is 50.8 Å². The zero-order valence-electron chi connectivity index (χ0n) is 14.8. The summed E-state index contributed by atoms with van der Waals surface area (Å²) in [5.74, 6) is 0.850. The van der Waals surface area contributed by atoms with Gasteiger partial charge >= 0.3 is 0 Å². The van der Waals surface area contributed by atoms with Crippen molar-refractivity contribution in [2.75, 3.05) is 26.7 Å². The Balaban J connectivity index is 0.00000288. The fraction of sp³-hybridized carbons (Fsp3) is 0.611. The van der Waals surface area contributed by atoms with Crippen LogP contribution in [0.5, 0.6) is 0 Å². The molecule has 4 nitrogen and oxygen atoms in total. The second-order valence-corrected chi connectivity index (χ2v) is 6.85. The molecule has 0 amide bonds. The highest BCUT2D eigenvalue weighted by atomic mass is 127. The number of hydrogen-bond acceptors (Lipinski definition) is 2. The smallest absolute Gasteiger partial charge is 0.191 e. The highest BCUT2D eigenvalue weighted by molar-refractivity contribution is 14.0. The summed E-state index contributed by atoms with van der Waals surface area (Å²) >= 11 is 6.12. The molecule has 6 heteroatoms. The predicted octanol–water partition coefficient (Wildman–Crippen LogP) is 3.97. The first kappa shape index (κ1) is 21.5. The molecule has 0 aliphatic heterocycles. The van der Waals surface area contributed by atoms with Crippen LogP contribution in [0, 0.1) is 0 Å². The number of nitrogens with one attached hydrogen (secondary N) is 2. The van der Waals surface area contributed by atoms with Crippen molar-refractivity contribution in [3.8, 4) is 0 Å². The van der Waals surface area contributed by atoms with E-state index < -0.39 is 0 Å². The van der Waals surface area contributed by atoms with Crippen molar-refractivity contribution >= 4 is 41.5 Å². The van der Waals surface area contributed by atoms with Crippen molar-refractivity contribution in [2.24, 2.45) is 4.99 Å². The van der Waals surface area contributed by atoms with E-state index in [0.717, 1.165) is 37.1 Å². The Morgan fingerprint density at radius 1 is 1.33 bits per heavy atom. The Bertz CT molecular complexity index is 533. The monoisotopic (exact) mass is 465 g/mol. The predicted molar refractivity (Wildman–Crippen MR) is 113 cm³/mol. The van der Waals surface area contributed by atoms with Gasteiger partial charge in [-0.3, -0.25) is 4.99 Å². The van der Waals surface area contributed by atoms with Gasteiger partial charge in [-0.25, -0.2) is 0 Å². The Morgan fingerprint density at radius 3 is 2.67 bits per heavy atom. The van der Waals surface area contributed by atoms with Gasteiger partial charge in [0, 0.05) is 37.2 Å². The Labute approximate surface area is 167 Å². The summed E-state index contributed by atoms with van der Waals surface area (Å²) in [6.07, 6.45) is 3.65. The van der Waals surface area contributed by atoms with E-state index >= 15 is 0 Å². The minimum atomic E-state index is 0. The van der Waals surface area contributed by atoms with Crippen LogP contribution in [0.25, 0.3) is 0 Å². The summed E-state index contributed by atoms with van der Waals surface area (Å²) in [5, 5.41) is 7.59. The number of ether oxygens (including phenoxy) is 1. The molecule has 136 valence electrons. The van der Waals surface area contributed by atoms with Crippen LogP contribution >= 0.6 is 35.6 Å². The van der Waals surface area contributed by atoms with Crippen LogP contribution in [-0.2, 0) is 10.2 Å². The van der Waals surface area contributed by atoms with Crippen LogP contribution in [0.15, 0.2) is 29.3 Å². The maximum absolute atomic E-state index is 6.12. The minimum absolute atomic E-state index is 0. The van der Waals surface area contributed by atoms with E-state index in [2.05, 4.69) is 41.6 Å². The molecule has 24 heavy (non-hydrogen) atoms. The molecule has 0 bridgehead atoms. The van der Waals surface area contributed by atoms with Crippen molar-refractivity contribution in [1.29, 1.82) is 0 Å². The van der Waals surface area contributed by atoms with E-state index in [1.165, 1.54) is 18.4 Å². The van der Waals surface area contributed by atoms with E-state index in [1.54, 1.807) is 7.05 Å². The second kappa shape index (κ2) is 10.5. The van der Waals surface area contributed by atoms with E-state index in [9.17, 15) is 0 Å². The average molecular weight is 466 g/mol. The lowest BCUT2D eigenvalue weighted by atomic mass is 9.96. The van der Waals surface area contributed by atoms with Gasteiger partial charge in [0.05, 0.1) is 6.10 Å². The van der Waals surface area contributed by atoms with Crippen LogP contribution in [0.3, 0.4) is 0 Å². The van der Waals surface area contributed by atoms with Gasteiger partial charge in [-0.1, -0.05) is 23.7 Å². The van der Waals surface area contributed by atoms with Crippen LogP contribution in [0.2, 0.25) is 5.02 Å². The molecule has 2 rings (SSSR count). The number of benzene rings is 1. The molecule has 0 atom stereocenters. The maximum atomic E-state index is 6.12. The van der Waals surface area contributed by atoms with Crippen molar-refractivity contribution in [1.82, 2.24) is 10.6 Å². The summed E-state index contributed by atoms with van der Waals surface area (Å²) < 4.78 is 5.54. The molecular weight excluding hydrogens is 437 g/mol. The third-order valence-electron chi connectivity index (χ3n) is 4.17. The largest absolute Gasteiger partial charge is 0.379 e. The summed E-state index contributed by atoms with van der Waals surface area (Å²) in [6.45, 7) is 6.62. The molecule has 0 radical (unpaired) electrons. The molecule has 0 spiro atoms. The van der Waals surface area contributed by atoms with Gasteiger partial charge in [0.15, 0.2) is 5.96 Å². The zero-order chi connectivity index (χ0) is 16.7. The number of guanidine groups is 1. The van der Waals surface area contributed by atoms with Crippen LogP contribution in [0.1, 0.15) is 38.7 Å². The molecule has 1 saturated carbocycles. The van der Waals surface area contributed by atoms with Crippen LogP contribution < -0.4 is 10.6 Å². The van der Waals surface area contributed by atoms with Gasteiger partial charge in [-0.2, -0.15) is 0 Å².